The van der Waals surface area contributed by atoms with Crippen molar-refractivity contribution in [1.82, 2.24) is 4.98 Å². The van der Waals surface area contributed by atoms with Gasteiger partial charge < -0.3 is 9.79 Å². The van der Waals surface area contributed by atoms with Crippen molar-refractivity contribution in [1.29, 1.82) is 0 Å². The van der Waals surface area contributed by atoms with Crippen molar-refractivity contribution in [2.75, 3.05) is 0 Å². The van der Waals surface area contributed by atoms with E-state index in [2.05, 4.69) is 22.0 Å². The van der Waals surface area contributed by atoms with Crippen molar-refractivity contribution in [3.05, 3.63) is 30.6 Å². The van der Waals surface area contributed by atoms with Gasteiger partial charge in [0.1, 0.15) is 0 Å². The molecule has 0 saturated carbocycles. The van der Waals surface area contributed by atoms with Gasteiger partial charge >= 0.3 is 7.75 Å². The van der Waals surface area contributed by atoms with Crippen LogP contribution in [0.5, 0.6) is 0 Å². The van der Waals surface area contributed by atoms with E-state index in [1.165, 1.54) is 0 Å². The Hall–Kier alpha value is -0.900. The number of hydrogen-bond donors (Lipinski definition) is 2. The molecule has 0 amide bonds. The number of pyridine rings is 1. The van der Waals surface area contributed by atoms with E-state index in [0.29, 0.717) is 0 Å². The van der Waals surface area contributed by atoms with Gasteiger partial charge in [0.15, 0.2) is 0 Å². The monoisotopic (exact) mass is 218 g/mol. The fourth-order valence-corrected chi connectivity index (χ4v) is 0.791. The highest BCUT2D eigenvalue weighted by Crippen LogP contribution is 2.34. The fourth-order valence-electron chi connectivity index (χ4n) is 0.366. The Kier molecular flexibility index (Phi) is 6.14. The lowest BCUT2D eigenvalue weighted by Gasteiger charge is -1.85. The molecule has 0 atom stereocenters. The summed E-state index contributed by atoms with van der Waals surface area (Å²) >= 11 is 3.89. The molecule has 0 radical (unpaired) electrons. The van der Waals surface area contributed by atoms with Crippen LogP contribution in [0.15, 0.2) is 35.4 Å². The predicted molar refractivity (Wildman–Crippen MR) is 51.3 cm³/mol. The number of rotatable bonds is 1. The fraction of sp³-hybridized carbons (Fsp3) is 0. The Balaban J connectivity index is 0.000000223. The largest absolute Gasteiger partial charge is 0.457 e. The highest BCUT2D eigenvalue weighted by Gasteiger charge is 2.06. The molecule has 0 saturated heterocycles. The molecule has 1 rings (SSSR count). The normalized spacial score (nSPS) is 9.08. The van der Waals surface area contributed by atoms with Crippen LogP contribution in [0.25, 0.3) is 0 Å². The molecule has 13 heavy (non-hydrogen) atoms. The molecule has 0 aliphatic rings. The minimum atomic E-state index is -4.26. The van der Waals surface area contributed by atoms with Gasteiger partial charge in [-0.3, -0.25) is 4.98 Å². The first kappa shape index (κ1) is 12.1. The van der Waals surface area contributed by atoms with E-state index in [9.17, 15) is 4.57 Å². The summed E-state index contributed by atoms with van der Waals surface area (Å²) in [4.78, 5) is 19.5. The zero-order chi connectivity index (χ0) is 10.2. The number of hydrogen-bond acceptors (Lipinski definition) is 3. The van der Waals surface area contributed by atoms with E-state index >= 15 is 0 Å². The van der Waals surface area contributed by atoms with E-state index in [0.717, 1.165) is 0 Å². The van der Waals surface area contributed by atoms with Gasteiger partial charge in [0, 0.05) is 12.4 Å². The van der Waals surface area contributed by atoms with Gasteiger partial charge in [-0.2, -0.15) is 0 Å². The van der Waals surface area contributed by atoms with Crippen LogP contribution in [-0.2, 0) is 4.57 Å². The predicted octanol–water partition coefficient (Wildman–Crippen LogP) is 1.26. The molecule has 0 aliphatic heterocycles. The summed E-state index contributed by atoms with van der Waals surface area (Å²) in [5.74, 6) is 0. The molecule has 1 aromatic heterocycles. The molecular formula is C6H7N2O3PS. The number of thiocarbonyl (C=S) groups is 1. The van der Waals surface area contributed by atoms with E-state index in [4.69, 9.17) is 9.79 Å². The highest BCUT2D eigenvalue weighted by atomic mass is 32.1. The van der Waals surface area contributed by atoms with Crippen LogP contribution in [-0.4, -0.2) is 19.9 Å². The standard InChI is InChI=1S/C5H5N.CH2NO3PS/c1-2-4-6-5-3-1;3-6(4,5)2-1-7/h1-5H;(H2,3,4,5). The summed E-state index contributed by atoms with van der Waals surface area (Å²) in [6.45, 7) is 0. The molecule has 0 aliphatic carbocycles. The molecule has 0 bridgehead atoms. The van der Waals surface area contributed by atoms with Crippen molar-refractivity contribution < 1.29 is 14.4 Å². The zero-order valence-electron chi connectivity index (χ0n) is 6.44. The van der Waals surface area contributed by atoms with Crippen molar-refractivity contribution in [2.45, 2.75) is 0 Å². The second-order valence-electron chi connectivity index (χ2n) is 1.73. The SMILES string of the molecule is O=P(O)(O)N=C=S.c1ccncc1. The summed E-state index contributed by atoms with van der Waals surface area (Å²) in [6, 6.07) is 5.72. The van der Waals surface area contributed by atoms with Gasteiger partial charge in [0.25, 0.3) is 0 Å². The molecule has 0 fully saturated rings. The Labute approximate surface area is 80.4 Å². The Morgan fingerprint density at radius 3 is 1.92 bits per heavy atom. The second kappa shape index (κ2) is 6.60. The number of isothiocyanates is 1. The average molecular weight is 218 g/mol. The summed E-state index contributed by atoms with van der Waals surface area (Å²) in [6.07, 6.45) is 3.50. The van der Waals surface area contributed by atoms with Crippen LogP contribution in [0.1, 0.15) is 0 Å². The van der Waals surface area contributed by atoms with Gasteiger partial charge in [0.2, 0.25) is 0 Å². The van der Waals surface area contributed by atoms with Crippen LogP contribution >= 0.6 is 20.0 Å². The van der Waals surface area contributed by atoms with Gasteiger partial charge in [-0.05, 0) is 24.4 Å². The maximum Gasteiger partial charge on any atom is 0.457 e. The Morgan fingerprint density at radius 1 is 1.31 bits per heavy atom. The van der Waals surface area contributed by atoms with Crippen molar-refractivity contribution >= 4 is 25.1 Å². The summed E-state index contributed by atoms with van der Waals surface area (Å²) in [5.41, 5.74) is 0. The molecule has 7 heteroatoms. The summed E-state index contributed by atoms with van der Waals surface area (Å²) in [7, 11) is -4.26. The quantitative estimate of drug-likeness (QED) is 0.421. The van der Waals surface area contributed by atoms with Gasteiger partial charge in [-0.25, -0.2) is 4.57 Å². The molecule has 0 aromatic carbocycles. The van der Waals surface area contributed by atoms with Crippen LogP contribution in [0.4, 0.5) is 0 Å². The first-order valence-corrected chi connectivity index (χ1v) is 5.03. The summed E-state index contributed by atoms with van der Waals surface area (Å²) < 4.78 is 12.1. The highest BCUT2D eigenvalue weighted by molar-refractivity contribution is 7.78. The first-order valence-electron chi connectivity index (χ1n) is 3.06. The molecule has 0 unspecified atom stereocenters. The topological polar surface area (TPSA) is 82.8 Å². The maximum atomic E-state index is 9.63. The molecule has 70 valence electrons. The molecule has 2 N–H and O–H groups in total. The zero-order valence-corrected chi connectivity index (χ0v) is 8.15. The van der Waals surface area contributed by atoms with E-state index in [-0.39, 0.29) is 0 Å². The van der Waals surface area contributed by atoms with Crippen LogP contribution in [0, 0.1) is 0 Å². The second-order valence-corrected chi connectivity index (χ2v) is 3.14. The van der Waals surface area contributed by atoms with Crippen LogP contribution < -0.4 is 0 Å². The van der Waals surface area contributed by atoms with E-state index in [1.54, 1.807) is 17.6 Å². The Bertz CT molecular complexity index is 293. The third-order valence-corrected chi connectivity index (χ3v) is 1.32. The van der Waals surface area contributed by atoms with E-state index < -0.39 is 7.75 Å². The van der Waals surface area contributed by atoms with Gasteiger partial charge in [-0.15, -0.1) is 4.76 Å². The number of aromatic nitrogens is 1. The molecule has 1 aromatic rings. The minimum absolute atomic E-state index is 1.55. The smallest absolute Gasteiger partial charge is 0.306 e. The van der Waals surface area contributed by atoms with Crippen LogP contribution in [0.2, 0.25) is 0 Å². The number of nitrogens with zero attached hydrogens (tertiary/aromatic N) is 2. The van der Waals surface area contributed by atoms with Crippen LogP contribution in [0.3, 0.4) is 0 Å². The van der Waals surface area contributed by atoms with Gasteiger partial charge in [-0.1, -0.05) is 6.07 Å². The molecule has 1 heterocycles. The van der Waals surface area contributed by atoms with Gasteiger partial charge in [0.05, 0.1) is 5.16 Å². The van der Waals surface area contributed by atoms with Crippen molar-refractivity contribution in [3.63, 3.8) is 0 Å². The lowest BCUT2D eigenvalue weighted by Crippen LogP contribution is -1.65. The van der Waals surface area contributed by atoms with E-state index in [1.807, 2.05) is 18.2 Å². The minimum Gasteiger partial charge on any atom is -0.306 e. The molecule has 5 nitrogen and oxygen atoms in total. The summed E-state index contributed by atoms with van der Waals surface area (Å²) in [5, 5.41) is 1.55. The first-order chi connectivity index (χ1) is 6.06. The Morgan fingerprint density at radius 2 is 1.85 bits per heavy atom. The van der Waals surface area contributed by atoms with Crippen molar-refractivity contribution in [3.8, 4) is 0 Å². The van der Waals surface area contributed by atoms with Crippen molar-refractivity contribution in [2.24, 2.45) is 4.76 Å². The molecule has 0 spiro atoms. The maximum absolute atomic E-state index is 9.63. The lowest BCUT2D eigenvalue weighted by molar-refractivity contribution is 0.375. The third kappa shape index (κ3) is 11.1. The third-order valence-electron chi connectivity index (χ3n) is 0.738. The lowest BCUT2D eigenvalue weighted by atomic mass is 10.5. The average Bonchev–Trinajstić information content (AvgIpc) is 2.06. The molecular weight excluding hydrogens is 211 g/mol.